The maximum absolute atomic E-state index is 5.95. The van der Waals surface area contributed by atoms with Crippen LogP contribution in [0.2, 0.25) is 5.02 Å². The van der Waals surface area contributed by atoms with Crippen LogP contribution < -0.4 is 5.73 Å². The Morgan fingerprint density at radius 2 is 2.18 bits per heavy atom. The van der Waals surface area contributed by atoms with Crippen molar-refractivity contribution in [3.8, 4) is 0 Å². The Labute approximate surface area is 108 Å². The van der Waals surface area contributed by atoms with Crippen molar-refractivity contribution in [2.75, 3.05) is 19.6 Å². The number of nitrogens with zero attached hydrogens (tertiary/aromatic N) is 2. The molecule has 1 aliphatic rings. The van der Waals surface area contributed by atoms with Gasteiger partial charge in [-0.3, -0.25) is 9.88 Å². The summed E-state index contributed by atoms with van der Waals surface area (Å²) in [6.45, 7) is 4.04. The molecule has 4 heteroatoms. The Kier molecular flexibility index (Phi) is 4.77. The Balaban J connectivity index is 1.82. The van der Waals surface area contributed by atoms with E-state index in [-0.39, 0.29) is 0 Å². The molecule has 0 atom stereocenters. The van der Waals surface area contributed by atoms with E-state index in [0.717, 1.165) is 42.8 Å². The third kappa shape index (κ3) is 3.95. The highest BCUT2D eigenvalue weighted by Crippen LogP contribution is 2.21. The summed E-state index contributed by atoms with van der Waals surface area (Å²) >= 11 is 5.95. The third-order valence-corrected chi connectivity index (χ3v) is 3.68. The predicted octanol–water partition coefficient (Wildman–Crippen LogP) is 2.30. The van der Waals surface area contributed by atoms with Gasteiger partial charge in [0.1, 0.15) is 0 Å². The van der Waals surface area contributed by atoms with Crippen molar-refractivity contribution < 1.29 is 0 Å². The monoisotopic (exact) mass is 253 g/mol. The largest absolute Gasteiger partial charge is 0.330 e. The Bertz CT molecular complexity index is 348. The van der Waals surface area contributed by atoms with Crippen LogP contribution in [0.4, 0.5) is 0 Å². The minimum Gasteiger partial charge on any atom is -0.330 e. The first-order chi connectivity index (χ1) is 8.28. The van der Waals surface area contributed by atoms with Crippen molar-refractivity contribution in [1.29, 1.82) is 0 Å². The van der Waals surface area contributed by atoms with Crippen molar-refractivity contribution in [1.82, 2.24) is 9.88 Å². The number of aromatic nitrogens is 1. The molecule has 0 spiro atoms. The van der Waals surface area contributed by atoms with Crippen molar-refractivity contribution in [3.05, 3.63) is 29.0 Å². The van der Waals surface area contributed by atoms with Crippen LogP contribution >= 0.6 is 11.6 Å². The number of hydrogen-bond donors (Lipinski definition) is 1. The van der Waals surface area contributed by atoms with Gasteiger partial charge in [-0.25, -0.2) is 0 Å². The summed E-state index contributed by atoms with van der Waals surface area (Å²) < 4.78 is 0. The van der Waals surface area contributed by atoms with Gasteiger partial charge in [0, 0.05) is 17.8 Å². The summed E-state index contributed by atoms with van der Waals surface area (Å²) in [6.07, 6.45) is 5.47. The number of hydrogen-bond acceptors (Lipinski definition) is 3. The molecule has 2 rings (SSSR count). The summed E-state index contributed by atoms with van der Waals surface area (Å²) in [7, 11) is 0. The van der Waals surface area contributed by atoms with Gasteiger partial charge in [-0.2, -0.15) is 0 Å². The first kappa shape index (κ1) is 12.8. The fourth-order valence-electron chi connectivity index (χ4n) is 2.43. The van der Waals surface area contributed by atoms with Gasteiger partial charge in [0.2, 0.25) is 0 Å². The fraction of sp³-hybridized carbons (Fsp3) is 0.615. The van der Waals surface area contributed by atoms with Crippen LogP contribution in [0.5, 0.6) is 0 Å². The molecule has 2 N–H and O–H groups in total. The Morgan fingerprint density at radius 1 is 1.41 bits per heavy atom. The van der Waals surface area contributed by atoms with Gasteiger partial charge in [0.05, 0.1) is 5.69 Å². The molecular formula is C13H20ClN3. The molecule has 0 amide bonds. The van der Waals surface area contributed by atoms with E-state index in [1.807, 2.05) is 12.1 Å². The number of piperidine rings is 1. The molecule has 0 aromatic carbocycles. The number of halogens is 1. The molecule has 1 aromatic heterocycles. The average Bonchev–Trinajstić information content (AvgIpc) is 2.32. The van der Waals surface area contributed by atoms with Gasteiger partial charge in [-0.15, -0.1) is 0 Å². The van der Waals surface area contributed by atoms with Crippen LogP contribution in [0.1, 0.15) is 25.0 Å². The summed E-state index contributed by atoms with van der Waals surface area (Å²) in [6, 6.07) is 3.77. The lowest BCUT2D eigenvalue weighted by Gasteiger charge is -2.31. The SMILES string of the molecule is NCCC1CCN(Cc2cc(Cl)ccn2)CC1. The maximum Gasteiger partial charge on any atom is 0.0558 e. The molecule has 2 heterocycles. The van der Waals surface area contributed by atoms with Crippen molar-refractivity contribution in [2.45, 2.75) is 25.8 Å². The van der Waals surface area contributed by atoms with Crippen LogP contribution in [0.15, 0.2) is 18.3 Å². The van der Waals surface area contributed by atoms with E-state index in [1.165, 1.54) is 19.3 Å². The highest BCUT2D eigenvalue weighted by molar-refractivity contribution is 6.30. The lowest BCUT2D eigenvalue weighted by atomic mass is 9.93. The minimum atomic E-state index is 0.771. The topological polar surface area (TPSA) is 42.1 Å². The molecule has 1 fully saturated rings. The molecule has 3 nitrogen and oxygen atoms in total. The van der Waals surface area contributed by atoms with Gasteiger partial charge in [-0.05, 0) is 56.9 Å². The Hall–Kier alpha value is -0.640. The molecule has 0 radical (unpaired) electrons. The number of rotatable bonds is 4. The molecule has 1 aliphatic heterocycles. The van der Waals surface area contributed by atoms with Gasteiger partial charge in [0.25, 0.3) is 0 Å². The second-order valence-electron chi connectivity index (χ2n) is 4.76. The smallest absolute Gasteiger partial charge is 0.0558 e. The van der Waals surface area contributed by atoms with E-state index in [4.69, 9.17) is 17.3 Å². The van der Waals surface area contributed by atoms with Crippen LogP contribution in [0.3, 0.4) is 0 Å². The second kappa shape index (κ2) is 6.34. The predicted molar refractivity (Wildman–Crippen MR) is 70.9 cm³/mol. The molecule has 1 saturated heterocycles. The molecule has 0 saturated carbocycles. The van der Waals surface area contributed by atoms with Crippen molar-refractivity contribution in [2.24, 2.45) is 11.7 Å². The third-order valence-electron chi connectivity index (χ3n) is 3.45. The number of likely N-dealkylation sites (tertiary alicyclic amines) is 1. The zero-order chi connectivity index (χ0) is 12.1. The van der Waals surface area contributed by atoms with Gasteiger partial charge >= 0.3 is 0 Å². The van der Waals surface area contributed by atoms with Crippen molar-refractivity contribution in [3.63, 3.8) is 0 Å². The van der Waals surface area contributed by atoms with E-state index in [0.29, 0.717) is 0 Å². The number of nitrogens with two attached hydrogens (primary N) is 1. The fourth-order valence-corrected chi connectivity index (χ4v) is 2.62. The molecule has 0 bridgehead atoms. The zero-order valence-electron chi connectivity index (χ0n) is 10.1. The van der Waals surface area contributed by atoms with Gasteiger partial charge in [0.15, 0.2) is 0 Å². The second-order valence-corrected chi connectivity index (χ2v) is 5.20. The quantitative estimate of drug-likeness (QED) is 0.895. The standard InChI is InChI=1S/C13H20ClN3/c14-12-2-6-16-13(9-12)10-17-7-3-11(1-5-15)4-8-17/h2,6,9,11H,1,3-5,7-8,10,15H2. The van der Waals surface area contributed by atoms with Crippen LogP contribution in [-0.2, 0) is 6.54 Å². The molecule has 1 aromatic rings. The summed E-state index contributed by atoms with van der Waals surface area (Å²) in [5.74, 6) is 0.823. The molecule has 0 unspecified atom stereocenters. The summed E-state index contributed by atoms with van der Waals surface area (Å²) in [5.41, 5.74) is 6.66. The molecule has 0 aliphatic carbocycles. The normalized spacial score (nSPS) is 18.5. The molecule has 94 valence electrons. The van der Waals surface area contributed by atoms with Crippen LogP contribution in [0, 0.1) is 5.92 Å². The Morgan fingerprint density at radius 3 is 2.82 bits per heavy atom. The highest BCUT2D eigenvalue weighted by Gasteiger charge is 2.18. The lowest BCUT2D eigenvalue weighted by Crippen LogP contribution is -2.34. The average molecular weight is 254 g/mol. The zero-order valence-corrected chi connectivity index (χ0v) is 10.9. The van der Waals surface area contributed by atoms with Gasteiger partial charge < -0.3 is 5.73 Å². The van der Waals surface area contributed by atoms with E-state index in [1.54, 1.807) is 6.20 Å². The molecule has 17 heavy (non-hydrogen) atoms. The highest BCUT2D eigenvalue weighted by atomic mass is 35.5. The summed E-state index contributed by atoms with van der Waals surface area (Å²) in [5, 5.41) is 0.771. The van der Waals surface area contributed by atoms with E-state index in [2.05, 4.69) is 9.88 Å². The van der Waals surface area contributed by atoms with Crippen molar-refractivity contribution >= 4 is 11.6 Å². The van der Waals surface area contributed by atoms with E-state index < -0.39 is 0 Å². The maximum atomic E-state index is 5.95. The van der Waals surface area contributed by atoms with Crippen LogP contribution in [0.25, 0.3) is 0 Å². The first-order valence-corrected chi connectivity index (χ1v) is 6.68. The number of pyridine rings is 1. The van der Waals surface area contributed by atoms with E-state index >= 15 is 0 Å². The van der Waals surface area contributed by atoms with E-state index in [9.17, 15) is 0 Å². The minimum absolute atomic E-state index is 0.771. The van der Waals surface area contributed by atoms with Gasteiger partial charge in [-0.1, -0.05) is 11.6 Å². The first-order valence-electron chi connectivity index (χ1n) is 6.31. The molecular weight excluding hydrogens is 234 g/mol. The van der Waals surface area contributed by atoms with Crippen LogP contribution in [-0.4, -0.2) is 29.5 Å². The lowest BCUT2D eigenvalue weighted by molar-refractivity contribution is 0.172. The summed E-state index contributed by atoms with van der Waals surface area (Å²) in [4.78, 5) is 6.79.